The Bertz CT molecular complexity index is 2330. The number of rotatable bonds is 32. The molecule has 0 spiro atoms. The maximum absolute atomic E-state index is 14.1. The van der Waals surface area contributed by atoms with Crippen molar-refractivity contribution in [1.29, 1.82) is 0 Å². The number of nitrogens with two attached hydrogens (primary N) is 4. The number of fused-ring (bicyclic) bond motifs is 1. The molecule has 0 radical (unpaired) electrons. The summed E-state index contributed by atoms with van der Waals surface area (Å²) >= 11 is 0. The van der Waals surface area contributed by atoms with Crippen molar-refractivity contribution in [2.24, 2.45) is 45.7 Å². The molecule has 75 heavy (non-hydrogen) atoms. The molecule has 20 N–H and O–H groups in total. The van der Waals surface area contributed by atoms with Crippen molar-refractivity contribution in [2.45, 2.75) is 154 Å². The summed E-state index contributed by atoms with van der Waals surface area (Å²) in [6.45, 7) is 11.5. The largest absolute Gasteiger partial charge is 0.480 e. The molecule has 27 heteroatoms. The Morgan fingerprint density at radius 2 is 1.16 bits per heavy atom. The molecule has 2 rings (SSSR count). The summed E-state index contributed by atoms with van der Waals surface area (Å²) < 4.78 is 0. The number of para-hydroxylation sites is 1. The van der Waals surface area contributed by atoms with E-state index < -0.39 is 138 Å². The van der Waals surface area contributed by atoms with E-state index in [1.807, 2.05) is 18.2 Å². The zero-order valence-electron chi connectivity index (χ0n) is 43.7. The first-order chi connectivity index (χ1) is 35.1. The van der Waals surface area contributed by atoms with Gasteiger partial charge in [-0.15, -0.1) is 0 Å². The van der Waals surface area contributed by atoms with Gasteiger partial charge in [0.15, 0.2) is 5.96 Å². The third-order valence-electron chi connectivity index (χ3n) is 12.2. The predicted molar refractivity (Wildman–Crippen MR) is 275 cm³/mol. The zero-order chi connectivity index (χ0) is 56.9. The molecule has 0 saturated heterocycles. The molecule has 11 atom stereocenters. The number of carbonyl (C=O) groups excluding carboxylic acids is 9. The highest BCUT2D eigenvalue weighted by Crippen LogP contribution is 2.20. The van der Waals surface area contributed by atoms with Gasteiger partial charge in [-0.1, -0.05) is 66.2 Å². The van der Waals surface area contributed by atoms with Gasteiger partial charge in [-0.3, -0.25) is 48.1 Å². The average molecular weight is 1060 g/mol. The molecule has 0 bridgehead atoms. The summed E-state index contributed by atoms with van der Waals surface area (Å²) in [6, 6.07) is -4.13. The van der Waals surface area contributed by atoms with Crippen LogP contribution in [0.5, 0.6) is 0 Å². The van der Waals surface area contributed by atoms with Crippen molar-refractivity contribution >= 4 is 76.0 Å². The lowest BCUT2D eigenvalue weighted by molar-refractivity contribution is -0.143. The summed E-state index contributed by atoms with van der Waals surface area (Å²) in [5, 5.41) is 51.0. The van der Waals surface area contributed by atoms with Crippen LogP contribution in [0.3, 0.4) is 0 Å². The molecule has 27 nitrogen and oxygen atoms in total. The lowest BCUT2D eigenvalue weighted by Crippen LogP contribution is -2.63. The minimum atomic E-state index is -1.73. The second-order valence-corrected chi connectivity index (χ2v) is 19.1. The molecule has 0 fully saturated rings. The first kappa shape index (κ1) is 63.7. The minimum absolute atomic E-state index is 0.0423. The van der Waals surface area contributed by atoms with Gasteiger partial charge in [0.25, 0.3) is 0 Å². The summed E-state index contributed by atoms with van der Waals surface area (Å²) in [6.07, 6.45) is -1.82. The fraction of sp³-hybridized carbons (Fsp3) is 0.604. The van der Waals surface area contributed by atoms with Gasteiger partial charge < -0.3 is 85.8 Å². The van der Waals surface area contributed by atoms with Gasteiger partial charge in [0, 0.05) is 36.5 Å². The van der Waals surface area contributed by atoms with E-state index in [2.05, 4.69) is 52.5 Å². The fourth-order valence-electron chi connectivity index (χ4n) is 7.44. The number of guanidine groups is 1. The number of aromatic nitrogens is 1. The second-order valence-electron chi connectivity index (χ2n) is 19.1. The summed E-state index contributed by atoms with van der Waals surface area (Å²) in [5.41, 5.74) is 23.5. The van der Waals surface area contributed by atoms with Gasteiger partial charge in [0.1, 0.15) is 42.3 Å². The molecule has 0 unspecified atom stereocenters. The molecule has 1 heterocycles. The number of nitrogens with zero attached hydrogens (tertiary/aromatic N) is 1. The highest BCUT2D eigenvalue weighted by atomic mass is 16.4. The van der Waals surface area contributed by atoms with Crippen LogP contribution in [-0.2, 0) is 54.4 Å². The van der Waals surface area contributed by atoms with Gasteiger partial charge in [-0.05, 0) is 62.5 Å². The van der Waals surface area contributed by atoms with E-state index in [1.165, 1.54) is 13.8 Å². The number of aliphatic imine (C=N–C) groups is 1. The van der Waals surface area contributed by atoms with Crippen molar-refractivity contribution in [3.05, 3.63) is 36.0 Å². The predicted octanol–water partition coefficient (Wildman–Crippen LogP) is -3.93. The molecule has 2 aromatic rings. The van der Waals surface area contributed by atoms with Crippen LogP contribution in [0.15, 0.2) is 35.5 Å². The van der Waals surface area contributed by atoms with Crippen LogP contribution < -0.4 is 65.5 Å². The number of hydrogen-bond donors (Lipinski definition) is 16. The molecule has 1 aromatic heterocycles. The van der Waals surface area contributed by atoms with Crippen LogP contribution in [0, 0.1) is 17.8 Å². The number of aromatic amines is 1. The SMILES string of the molecule is CC[C@H](C)[C@H](NC(=O)[C@@H](NC(=O)[C@@H](NC(=O)[C@H](CCC(N)=O)NC(=O)[C@H](Cc1c[nH]c2ccccc12)NC(=O)[C@@H](N)C(C)C)C(C)C)[C@@H](C)O)C(=O)NCC(=O)N[C@H](C(=O)N[C@@H](CCCN=C(N)N)C(=O)O)[C@@H](C)O. The molecule has 1 aromatic carbocycles. The van der Waals surface area contributed by atoms with Gasteiger partial charge in [0.2, 0.25) is 53.2 Å². The lowest BCUT2D eigenvalue weighted by atomic mass is 9.97. The monoisotopic (exact) mass is 1060 g/mol. The first-order valence-corrected chi connectivity index (χ1v) is 24.7. The highest BCUT2D eigenvalue weighted by Gasteiger charge is 2.37. The summed E-state index contributed by atoms with van der Waals surface area (Å²) in [7, 11) is 0. The Labute approximate surface area is 435 Å². The summed E-state index contributed by atoms with van der Waals surface area (Å²) in [5.74, 6) is -11.3. The molecule has 418 valence electrons. The second kappa shape index (κ2) is 30.7. The molecule has 0 aliphatic rings. The highest BCUT2D eigenvalue weighted by molar-refractivity contribution is 5.98. The normalized spacial score (nSPS) is 15.7. The van der Waals surface area contributed by atoms with Crippen LogP contribution in [-0.4, -0.2) is 159 Å². The number of aliphatic hydroxyl groups excluding tert-OH is 2. The summed E-state index contributed by atoms with van der Waals surface area (Å²) in [4.78, 5) is 139. The molecule has 0 saturated carbocycles. The van der Waals surface area contributed by atoms with Crippen molar-refractivity contribution in [1.82, 2.24) is 47.5 Å². The maximum atomic E-state index is 14.1. The number of carboxylic acids is 1. The van der Waals surface area contributed by atoms with Crippen molar-refractivity contribution in [2.75, 3.05) is 13.1 Å². The van der Waals surface area contributed by atoms with Crippen molar-refractivity contribution < 1.29 is 63.3 Å². The van der Waals surface area contributed by atoms with Crippen LogP contribution in [0.4, 0.5) is 0 Å². The van der Waals surface area contributed by atoms with E-state index in [1.54, 1.807) is 53.8 Å². The molecule has 9 amide bonds. The van der Waals surface area contributed by atoms with E-state index in [0.29, 0.717) is 12.0 Å². The number of H-pyrrole nitrogens is 1. The van der Waals surface area contributed by atoms with Crippen LogP contribution in [0.25, 0.3) is 10.9 Å². The fourth-order valence-corrected chi connectivity index (χ4v) is 7.44. The Balaban J connectivity index is 2.26. The third kappa shape index (κ3) is 20.8. The molecule has 0 aliphatic carbocycles. The standard InChI is InChI=1S/C48H78N14O13/c1-9-24(6)37(43(70)55-21-34(66)59-38(25(7)63)45(72)57-31(47(74)75)15-12-18-53-48(51)52)61-46(73)39(26(8)64)62-44(71)36(23(4)5)60-40(67)30(16-17-33(49)65)56-41(68)32(58-42(69)35(50)22(2)3)19-27-20-54-29-14-11-10-13-28(27)29/h10-11,13-14,20,22-26,30-32,35-39,54,63-64H,9,12,15-19,21,50H2,1-8H3,(H2,49,65)(H,55,70)(H,56,68)(H,57,72)(H,58,69)(H,59,66)(H,60,67)(H,61,73)(H,62,71)(H,74,75)(H4,51,52,53)/t24-,25+,26+,30-,31-,32-,35-,36-,37-,38-,39-/m0/s1. The number of carbonyl (C=O) groups is 10. The number of primary amides is 1. The number of aliphatic hydroxyl groups is 2. The molecular formula is C48H78N14O13. The van der Waals surface area contributed by atoms with Gasteiger partial charge in [-0.25, -0.2) is 4.79 Å². The number of aliphatic carboxylic acids is 1. The smallest absolute Gasteiger partial charge is 0.326 e. The lowest BCUT2D eigenvalue weighted by Gasteiger charge is -2.30. The Kier molecular flexibility index (Phi) is 26.1. The van der Waals surface area contributed by atoms with E-state index in [0.717, 1.165) is 10.9 Å². The van der Waals surface area contributed by atoms with E-state index in [4.69, 9.17) is 22.9 Å². The van der Waals surface area contributed by atoms with Crippen LogP contribution in [0.1, 0.15) is 93.1 Å². The van der Waals surface area contributed by atoms with Crippen LogP contribution in [0.2, 0.25) is 0 Å². The van der Waals surface area contributed by atoms with Gasteiger partial charge in [-0.2, -0.15) is 0 Å². The number of amides is 9. The first-order valence-electron chi connectivity index (χ1n) is 24.7. The Hall–Kier alpha value is -7.39. The average Bonchev–Trinajstić information content (AvgIpc) is 3.75. The van der Waals surface area contributed by atoms with E-state index in [9.17, 15) is 63.3 Å². The van der Waals surface area contributed by atoms with Crippen molar-refractivity contribution in [3.63, 3.8) is 0 Å². The molecule has 0 aliphatic heterocycles. The molecular weight excluding hydrogens is 981 g/mol. The Morgan fingerprint density at radius 1 is 0.627 bits per heavy atom. The number of hydrogen-bond acceptors (Lipinski definition) is 14. The topological polar surface area (TPSA) is 460 Å². The van der Waals surface area contributed by atoms with Gasteiger partial charge in [0.05, 0.1) is 24.8 Å². The number of carboxylic acid groups (broad SMARTS) is 1. The number of benzene rings is 1. The van der Waals surface area contributed by atoms with E-state index >= 15 is 0 Å². The van der Waals surface area contributed by atoms with Crippen LogP contribution >= 0.6 is 0 Å². The maximum Gasteiger partial charge on any atom is 0.326 e. The quantitative estimate of drug-likeness (QED) is 0.0189. The van der Waals surface area contributed by atoms with E-state index in [-0.39, 0.29) is 50.5 Å². The number of nitrogens with one attached hydrogen (secondary N) is 9. The zero-order valence-corrected chi connectivity index (χ0v) is 43.7. The minimum Gasteiger partial charge on any atom is -0.480 e. The Morgan fingerprint density at radius 3 is 1.72 bits per heavy atom. The van der Waals surface area contributed by atoms with Crippen molar-refractivity contribution in [3.8, 4) is 0 Å². The van der Waals surface area contributed by atoms with Gasteiger partial charge >= 0.3 is 5.97 Å². The third-order valence-corrected chi connectivity index (χ3v) is 12.2.